The van der Waals surface area contributed by atoms with Gasteiger partial charge in [-0.15, -0.1) is 0 Å². The quantitative estimate of drug-likeness (QED) is 0.902. The summed E-state index contributed by atoms with van der Waals surface area (Å²) in [4.78, 5) is 23.5. The van der Waals surface area contributed by atoms with Crippen LogP contribution in [0.4, 0.5) is 5.69 Å². The molecule has 0 aliphatic carbocycles. The van der Waals surface area contributed by atoms with E-state index in [1.54, 1.807) is 37.3 Å². The van der Waals surface area contributed by atoms with E-state index in [1.807, 2.05) is 19.1 Å². The molecule has 2 aromatic rings. The van der Waals surface area contributed by atoms with Crippen LogP contribution in [-0.4, -0.2) is 17.0 Å². The summed E-state index contributed by atoms with van der Waals surface area (Å²) in [6, 6.07) is 12.3. The zero-order valence-corrected chi connectivity index (χ0v) is 12.0. The molecule has 2 aromatic carbocycles. The lowest BCUT2D eigenvalue weighted by atomic mass is 10.1. The largest absolute Gasteiger partial charge is 0.478 e. The molecule has 0 fully saturated rings. The first-order valence-electron chi connectivity index (χ1n) is 6.76. The number of hydrogen-bond acceptors (Lipinski definition) is 2. The lowest BCUT2D eigenvalue weighted by Crippen LogP contribution is -2.15. The Balaban J connectivity index is 2.27. The van der Waals surface area contributed by atoms with Crippen molar-refractivity contribution in [3.63, 3.8) is 0 Å². The van der Waals surface area contributed by atoms with Crippen LogP contribution >= 0.6 is 0 Å². The van der Waals surface area contributed by atoms with Gasteiger partial charge in [-0.2, -0.15) is 0 Å². The first-order chi connectivity index (χ1) is 10.0. The number of amides is 1. The molecule has 0 saturated carbocycles. The number of carboxylic acids is 1. The van der Waals surface area contributed by atoms with Crippen LogP contribution in [-0.2, 0) is 6.42 Å². The number of carbonyl (C=O) groups excluding carboxylic acids is 1. The van der Waals surface area contributed by atoms with Gasteiger partial charge >= 0.3 is 5.97 Å². The number of rotatable bonds is 4. The van der Waals surface area contributed by atoms with Gasteiger partial charge in [-0.25, -0.2) is 4.79 Å². The topological polar surface area (TPSA) is 66.4 Å². The van der Waals surface area contributed by atoms with Gasteiger partial charge < -0.3 is 10.4 Å². The number of carbonyl (C=O) groups is 2. The van der Waals surface area contributed by atoms with Gasteiger partial charge in [-0.1, -0.05) is 31.2 Å². The molecule has 108 valence electrons. The van der Waals surface area contributed by atoms with E-state index >= 15 is 0 Å². The van der Waals surface area contributed by atoms with E-state index in [0.29, 0.717) is 16.8 Å². The highest BCUT2D eigenvalue weighted by Gasteiger charge is 2.15. The molecule has 0 aromatic heterocycles. The fourth-order valence-corrected chi connectivity index (χ4v) is 2.14. The van der Waals surface area contributed by atoms with E-state index in [-0.39, 0.29) is 11.5 Å². The minimum atomic E-state index is -1.05. The van der Waals surface area contributed by atoms with Crippen LogP contribution in [0.25, 0.3) is 0 Å². The maximum Gasteiger partial charge on any atom is 0.338 e. The van der Waals surface area contributed by atoms with Gasteiger partial charge in [-0.3, -0.25) is 4.79 Å². The van der Waals surface area contributed by atoms with E-state index in [4.69, 9.17) is 0 Å². The smallest absolute Gasteiger partial charge is 0.338 e. The third-order valence-corrected chi connectivity index (χ3v) is 3.36. The number of carboxylic acid groups (broad SMARTS) is 1. The summed E-state index contributed by atoms with van der Waals surface area (Å²) in [5.41, 5.74) is 2.70. The number of anilines is 1. The van der Waals surface area contributed by atoms with E-state index in [2.05, 4.69) is 5.32 Å². The van der Waals surface area contributed by atoms with Crippen molar-refractivity contribution >= 4 is 17.6 Å². The predicted molar refractivity (Wildman–Crippen MR) is 81.9 cm³/mol. The van der Waals surface area contributed by atoms with Crippen LogP contribution in [0.5, 0.6) is 0 Å². The molecular formula is C17H17NO3. The third-order valence-electron chi connectivity index (χ3n) is 3.36. The maximum absolute atomic E-state index is 12.2. The molecule has 2 rings (SSSR count). The van der Waals surface area contributed by atoms with Crippen LogP contribution in [0.1, 0.15) is 38.8 Å². The second kappa shape index (κ2) is 6.22. The van der Waals surface area contributed by atoms with Crippen molar-refractivity contribution in [2.75, 3.05) is 5.32 Å². The monoisotopic (exact) mass is 283 g/mol. The van der Waals surface area contributed by atoms with E-state index in [9.17, 15) is 14.7 Å². The van der Waals surface area contributed by atoms with Gasteiger partial charge in [-0.05, 0) is 42.7 Å². The summed E-state index contributed by atoms with van der Waals surface area (Å²) in [7, 11) is 0. The predicted octanol–water partition coefficient (Wildman–Crippen LogP) is 3.51. The zero-order chi connectivity index (χ0) is 15.4. The third kappa shape index (κ3) is 3.28. The molecule has 0 atom stereocenters. The summed E-state index contributed by atoms with van der Waals surface area (Å²) in [5, 5.41) is 11.9. The van der Waals surface area contributed by atoms with Crippen molar-refractivity contribution < 1.29 is 14.7 Å². The number of hydrogen-bond donors (Lipinski definition) is 2. The average Bonchev–Trinajstić information content (AvgIpc) is 2.47. The van der Waals surface area contributed by atoms with E-state index in [0.717, 1.165) is 12.0 Å². The Labute approximate surface area is 123 Å². The molecule has 1 amide bonds. The summed E-state index contributed by atoms with van der Waals surface area (Å²) >= 11 is 0. The number of benzene rings is 2. The van der Waals surface area contributed by atoms with Crippen molar-refractivity contribution in [1.82, 2.24) is 0 Å². The molecule has 0 aliphatic rings. The second-order valence-corrected chi connectivity index (χ2v) is 4.81. The van der Waals surface area contributed by atoms with Crippen LogP contribution in [0.3, 0.4) is 0 Å². The second-order valence-electron chi connectivity index (χ2n) is 4.81. The average molecular weight is 283 g/mol. The Morgan fingerprint density at radius 2 is 1.76 bits per heavy atom. The molecule has 0 unspecified atom stereocenters. The summed E-state index contributed by atoms with van der Waals surface area (Å²) in [5.74, 6) is -1.37. The molecule has 21 heavy (non-hydrogen) atoms. The van der Waals surface area contributed by atoms with Gasteiger partial charge in [0.25, 0.3) is 5.91 Å². The van der Waals surface area contributed by atoms with Gasteiger partial charge in [0.05, 0.1) is 11.3 Å². The number of aromatic carboxylic acids is 1. The maximum atomic E-state index is 12.2. The Hall–Kier alpha value is -2.62. The highest BCUT2D eigenvalue weighted by Crippen LogP contribution is 2.20. The molecule has 0 bridgehead atoms. The molecule has 4 heteroatoms. The molecule has 4 nitrogen and oxygen atoms in total. The summed E-state index contributed by atoms with van der Waals surface area (Å²) < 4.78 is 0. The highest BCUT2D eigenvalue weighted by molar-refractivity contribution is 6.08. The first-order valence-corrected chi connectivity index (χ1v) is 6.76. The van der Waals surface area contributed by atoms with Crippen molar-refractivity contribution in [1.29, 1.82) is 0 Å². The Morgan fingerprint density at radius 3 is 2.33 bits per heavy atom. The van der Waals surface area contributed by atoms with Crippen molar-refractivity contribution in [2.24, 2.45) is 0 Å². The first kappa shape index (κ1) is 14.8. The fourth-order valence-electron chi connectivity index (χ4n) is 2.14. The number of nitrogens with one attached hydrogen (secondary N) is 1. The lowest BCUT2D eigenvalue weighted by molar-refractivity contribution is 0.0697. The van der Waals surface area contributed by atoms with Gasteiger partial charge in [0.1, 0.15) is 0 Å². The van der Waals surface area contributed by atoms with Crippen LogP contribution in [0.15, 0.2) is 42.5 Å². The Kier molecular flexibility index (Phi) is 4.38. The fraction of sp³-hybridized carbons (Fsp3) is 0.176. The van der Waals surface area contributed by atoms with E-state index < -0.39 is 5.97 Å². The minimum Gasteiger partial charge on any atom is -0.478 e. The van der Waals surface area contributed by atoms with Gasteiger partial charge in [0, 0.05) is 5.56 Å². The molecule has 0 radical (unpaired) electrons. The number of aryl methyl sites for hydroxylation is 2. The van der Waals surface area contributed by atoms with Crippen molar-refractivity contribution in [3.8, 4) is 0 Å². The van der Waals surface area contributed by atoms with Crippen molar-refractivity contribution in [3.05, 3.63) is 64.7 Å². The summed E-state index contributed by atoms with van der Waals surface area (Å²) in [6.07, 6.45) is 0.906. The minimum absolute atomic E-state index is 0.121. The van der Waals surface area contributed by atoms with Gasteiger partial charge in [0.15, 0.2) is 0 Å². The van der Waals surface area contributed by atoms with Gasteiger partial charge in [0.2, 0.25) is 0 Å². The standard InChI is InChI=1S/C17H17NO3/c1-3-12-7-9-13(10-8-12)16(19)18-14-6-4-5-11(2)15(14)17(20)21/h4-10H,3H2,1-2H3,(H,18,19)(H,20,21). The van der Waals surface area contributed by atoms with Crippen LogP contribution < -0.4 is 5.32 Å². The highest BCUT2D eigenvalue weighted by atomic mass is 16.4. The Morgan fingerprint density at radius 1 is 1.10 bits per heavy atom. The Bertz CT molecular complexity index is 675. The molecule has 2 N–H and O–H groups in total. The van der Waals surface area contributed by atoms with E-state index in [1.165, 1.54) is 0 Å². The molecular weight excluding hydrogens is 266 g/mol. The normalized spacial score (nSPS) is 10.2. The molecule has 0 aliphatic heterocycles. The summed E-state index contributed by atoms with van der Waals surface area (Å²) in [6.45, 7) is 3.75. The lowest BCUT2D eigenvalue weighted by Gasteiger charge is -2.10. The zero-order valence-electron chi connectivity index (χ0n) is 12.0. The van der Waals surface area contributed by atoms with Crippen LogP contribution in [0, 0.1) is 6.92 Å². The molecule has 0 saturated heterocycles. The van der Waals surface area contributed by atoms with Crippen LogP contribution in [0.2, 0.25) is 0 Å². The molecule has 0 spiro atoms. The SMILES string of the molecule is CCc1ccc(C(=O)Nc2cccc(C)c2C(=O)O)cc1. The molecule has 0 heterocycles. The van der Waals surface area contributed by atoms with Crippen molar-refractivity contribution in [2.45, 2.75) is 20.3 Å².